The minimum atomic E-state index is -2.96. The molecule has 0 saturated heterocycles. The Hall–Kier alpha value is -0.870. The summed E-state index contributed by atoms with van der Waals surface area (Å²) in [6.45, 7) is 4.09. The lowest BCUT2D eigenvalue weighted by Gasteiger charge is -2.39. The number of benzene rings is 1. The third kappa shape index (κ3) is 3.23. The van der Waals surface area contributed by atoms with Gasteiger partial charge in [0.2, 0.25) is 0 Å². The molecule has 0 spiro atoms. The molecule has 1 aliphatic carbocycles. The van der Waals surface area contributed by atoms with Crippen LogP contribution < -0.4 is 5.73 Å². The summed E-state index contributed by atoms with van der Waals surface area (Å²) < 4.78 is 23.6. The average Bonchev–Trinajstić information content (AvgIpc) is 2.38. The highest BCUT2D eigenvalue weighted by molar-refractivity contribution is 7.91. The third-order valence-electron chi connectivity index (χ3n) is 4.75. The molecule has 112 valence electrons. The molecule has 0 amide bonds. The van der Waals surface area contributed by atoms with E-state index in [2.05, 4.69) is 31.2 Å². The Labute approximate surface area is 122 Å². The lowest BCUT2D eigenvalue weighted by atomic mass is 9.72. The predicted octanol–water partition coefficient (Wildman–Crippen LogP) is 2.77. The van der Waals surface area contributed by atoms with Gasteiger partial charge < -0.3 is 5.73 Å². The lowest BCUT2D eigenvalue weighted by molar-refractivity contribution is 0.225. The zero-order valence-corrected chi connectivity index (χ0v) is 13.4. The molecule has 3 unspecified atom stereocenters. The van der Waals surface area contributed by atoms with Crippen LogP contribution in [0.3, 0.4) is 0 Å². The molecule has 0 aliphatic heterocycles. The van der Waals surface area contributed by atoms with E-state index in [1.165, 1.54) is 11.8 Å². The summed E-state index contributed by atoms with van der Waals surface area (Å²) in [5.74, 6) is 0.221. The second-order valence-corrected chi connectivity index (χ2v) is 8.79. The Balaban J connectivity index is 2.23. The molecule has 3 nitrogen and oxygen atoms in total. The van der Waals surface area contributed by atoms with Gasteiger partial charge in [-0.2, -0.15) is 0 Å². The van der Waals surface area contributed by atoms with Crippen molar-refractivity contribution in [3.8, 4) is 0 Å². The van der Waals surface area contributed by atoms with E-state index in [-0.39, 0.29) is 11.2 Å². The molecule has 1 fully saturated rings. The van der Waals surface area contributed by atoms with E-state index >= 15 is 0 Å². The number of sulfone groups is 1. The van der Waals surface area contributed by atoms with Crippen molar-refractivity contribution in [1.29, 1.82) is 0 Å². The smallest absolute Gasteiger partial charge is 0.150 e. The fourth-order valence-corrected chi connectivity index (χ4v) is 4.40. The predicted molar refractivity (Wildman–Crippen MR) is 83.3 cm³/mol. The van der Waals surface area contributed by atoms with Crippen LogP contribution in [-0.4, -0.2) is 19.9 Å². The number of aryl methyl sites for hydroxylation is 1. The van der Waals surface area contributed by atoms with E-state index in [0.717, 1.165) is 24.8 Å². The van der Waals surface area contributed by atoms with Crippen molar-refractivity contribution < 1.29 is 8.42 Å². The van der Waals surface area contributed by atoms with Gasteiger partial charge in [0.1, 0.15) is 9.84 Å². The van der Waals surface area contributed by atoms with Crippen LogP contribution in [0.5, 0.6) is 0 Å². The van der Waals surface area contributed by atoms with Crippen LogP contribution in [0.1, 0.15) is 43.7 Å². The topological polar surface area (TPSA) is 60.2 Å². The Morgan fingerprint density at radius 3 is 2.35 bits per heavy atom. The molecule has 1 aromatic carbocycles. The summed E-state index contributed by atoms with van der Waals surface area (Å²) in [5, 5.41) is -0.227. The van der Waals surface area contributed by atoms with Gasteiger partial charge in [0, 0.05) is 11.8 Å². The molecule has 0 radical (unpaired) electrons. The van der Waals surface area contributed by atoms with Gasteiger partial charge in [-0.1, -0.05) is 36.2 Å². The summed E-state index contributed by atoms with van der Waals surface area (Å²) >= 11 is 0. The first-order chi connectivity index (χ1) is 9.21. The Bertz CT molecular complexity index is 561. The van der Waals surface area contributed by atoms with Crippen molar-refractivity contribution in [3.63, 3.8) is 0 Å². The summed E-state index contributed by atoms with van der Waals surface area (Å²) in [6.07, 6.45) is 4.76. The average molecular weight is 295 g/mol. The van der Waals surface area contributed by atoms with Crippen LogP contribution in [0.4, 0.5) is 0 Å². The molecular formula is C16H25NO2S. The number of hydrogen-bond donors (Lipinski definition) is 1. The van der Waals surface area contributed by atoms with Gasteiger partial charge in [-0.15, -0.1) is 0 Å². The number of hydrogen-bond acceptors (Lipinski definition) is 3. The first-order valence-electron chi connectivity index (χ1n) is 7.26. The van der Waals surface area contributed by atoms with E-state index in [0.29, 0.717) is 6.42 Å². The van der Waals surface area contributed by atoms with E-state index < -0.39 is 15.4 Å². The van der Waals surface area contributed by atoms with Crippen molar-refractivity contribution in [2.24, 2.45) is 11.7 Å². The zero-order valence-electron chi connectivity index (χ0n) is 12.6. The molecule has 20 heavy (non-hydrogen) atoms. The van der Waals surface area contributed by atoms with Crippen molar-refractivity contribution >= 4 is 9.84 Å². The quantitative estimate of drug-likeness (QED) is 0.932. The molecule has 4 heteroatoms. The normalized spacial score (nSPS) is 27.0. The maximum atomic E-state index is 11.8. The first kappa shape index (κ1) is 15.5. The van der Waals surface area contributed by atoms with Crippen molar-refractivity contribution in [2.75, 3.05) is 6.26 Å². The summed E-state index contributed by atoms with van der Waals surface area (Å²) in [7, 11) is -2.96. The van der Waals surface area contributed by atoms with Crippen molar-refractivity contribution in [3.05, 3.63) is 35.4 Å². The standard InChI is InChI=1S/C16H25NO2S/c1-12-7-9-13(10-8-12)16(2,17)14-5-4-6-15(11-14)20(3,18)19/h7-10,14-15H,4-6,11,17H2,1-3H3. The number of nitrogens with two attached hydrogens (primary N) is 1. The van der Waals surface area contributed by atoms with E-state index in [1.807, 2.05) is 6.92 Å². The Morgan fingerprint density at radius 2 is 1.80 bits per heavy atom. The molecule has 1 aliphatic rings. The van der Waals surface area contributed by atoms with Crippen LogP contribution in [-0.2, 0) is 15.4 Å². The molecular weight excluding hydrogens is 270 g/mol. The van der Waals surface area contributed by atoms with E-state index in [9.17, 15) is 8.42 Å². The van der Waals surface area contributed by atoms with Gasteiger partial charge in [-0.05, 0) is 44.6 Å². The molecule has 0 aromatic heterocycles. The zero-order chi connectivity index (χ0) is 15.0. The minimum absolute atomic E-state index is 0.221. The van der Waals surface area contributed by atoms with E-state index in [4.69, 9.17) is 5.73 Å². The van der Waals surface area contributed by atoms with Crippen LogP contribution in [0, 0.1) is 12.8 Å². The van der Waals surface area contributed by atoms with Crippen LogP contribution >= 0.6 is 0 Å². The second-order valence-electron chi connectivity index (χ2n) is 6.46. The van der Waals surface area contributed by atoms with E-state index in [1.54, 1.807) is 0 Å². The highest BCUT2D eigenvalue weighted by Crippen LogP contribution is 2.39. The van der Waals surface area contributed by atoms with Gasteiger partial charge in [0.15, 0.2) is 0 Å². The minimum Gasteiger partial charge on any atom is -0.321 e. The molecule has 0 bridgehead atoms. The highest BCUT2D eigenvalue weighted by Gasteiger charge is 2.38. The van der Waals surface area contributed by atoms with Gasteiger partial charge in [0.25, 0.3) is 0 Å². The molecule has 1 saturated carbocycles. The number of rotatable bonds is 3. The monoisotopic (exact) mass is 295 g/mol. The summed E-state index contributed by atoms with van der Waals surface area (Å²) in [4.78, 5) is 0. The van der Waals surface area contributed by atoms with Crippen molar-refractivity contribution in [1.82, 2.24) is 0 Å². The molecule has 1 aromatic rings. The Kier molecular flexibility index (Phi) is 4.26. The van der Waals surface area contributed by atoms with Gasteiger partial charge in [-0.3, -0.25) is 0 Å². The maximum Gasteiger partial charge on any atom is 0.150 e. The summed E-state index contributed by atoms with van der Waals surface area (Å²) in [5.41, 5.74) is 8.42. The third-order valence-corrected chi connectivity index (χ3v) is 6.39. The van der Waals surface area contributed by atoms with Gasteiger partial charge >= 0.3 is 0 Å². The largest absolute Gasteiger partial charge is 0.321 e. The van der Waals surface area contributed by atoms with Crippen LogP contribution in [0.25, 0.3) is 0 Å². The molecule has 2 N–H and O–H groups in total. The van der Waals surface area contributed by atoms with Gasteiger partial charge in [-0.25, -0.2) is 8.42 Å². The molecule has 0 heterocycles. The molecule has 2 rings (SSSR count). The van der Waals surface area contributed by atoms with Crippen molar-refractivity contribution in [2.45, 2.75) is 50.3 Å². The fourth-order valence-electron chi connectivity index (χ4n) is 3.23. The second kappa shape index (κ2) is 5.49. The molecule has 3 atom stereocenters. The first-order valence-corrected chi connectivity index (χ1v) is 9.21. The Morgan fingerprint density at radius 1 is 1.20 bits per heavy atom. The highest BCUT2D eigenvalue weighted by atomic mass is 32.2. The fraction of sp³-hybridized carbons (Fsp3) is 0.625. The maximum absolute atomic E-state index is 11.8. The van der Waals surface area contributed by atoms with Crippen LogP contribution in [0.2, 0.25) is 0 Å². The SMILES string of the molecule is Cc1ccc(C(C)(N)C2CCCC(S(C)(=O)=O)C2)cc1. The lowest BCUT2D eigenvalue weighted by Crippen LogP contribution is -2.45. The van der Waals surface area contributed by atoms with Crippen LogP contribution in [0.15, 0.2) is 24.3 Å². The van der Waals surface area contributed by atoms with Gasteiger partial charge in [0.05, 0.1) is 5.25 Å². The summed E-state index contributed by atoms with van der Waals surface area (Å²) in [6, 6.07) is 8.27.